The van der Waals surface area contributed by atoms with Gasteiger partial charge in [-0.2, -0.15) is 0 Å². The van der Waals surface area contributed by atoms with Crippen molar-refractivity contribution >= 4 is 34.9 Å². The van der Waals surface area contributed by atoms with Gasteiger partial charge in [-0.05, 0) is 12.8 Å². The van der Waals surface area contributed by atoms with E-state index in [-0.39, 0.29) is 24.0 Å². The summed E-state index contributed by atoms with van der Waals surface area (Å²) >= 11 is 2.29. The lowest BCUT2D eigenvalue weighted by atomic mass is 10.0. The van der Waals surface area contributed by atoms with Gasteiger partial charge in [-0.25, -0.2) is 7.91 Å². The number of carbonyl (C=O) groups excluding carboxylic acids is 1. The van der Waals surface area contributed by atoms with Crippen molar-refractivity contribution in [2.24, 2.45) is 5.92 Å². The van der Waals surface area contributed by atoms with Crippen LogP contribution in [0.3, 0.4) is 0 Å². The third kappa shape index (κ3) is 2.31. The molecule has 106 valence electrons. The summed E-state index contributed by atoms with van der Waals surface area (Å²) in [6.07, 6.45) is 2.44. The van der Waals surface area contributed by atoms with Crippen LogP contribution in [-0.2, 0) is 4.79 Å². The highest BCUT2D eigenvalue weighted by atomic mass is 127. The van der Waals surface area contributed by atoms with E-state index < -0.39 is 5.97 Å². The second kappa shape index (κ2) is 5.08. The van der Waals surface area contributed by atoms with E-state index in [0.717, 1.165) is 32.5 Å². The molecule has 1 aliphatic carbocycles. The summed E-state index contributed by atoms with van der Waals surface area (Å²) in [5, 5.41) is 9.27. The van der Waals surface area contributed by atoms with Crippen LogP contribution in [0.25, 0.3) is 0 Å². The molecule has 1 saturated carbocycles. The number of carbonyl (C=O) groups is 2. The quantitative estimate of drug-likeness (QED) is 0.575. The van der Waals surface area contributed by atoms with Gasteiger partial charge in [0.2, 0.25) is 0 Å². The lowest BCUT2D eigenvalue weighted by molar-refractivity contribution is -0.142. The molecule has 2 heterocycles. The van der Waals surface area contributed by atoms with Gasteiger partial charge >= 0.3 is 12.0 Å². The molecule has 3 unspecified atom stereocenters. The fourth-order valence-corrected chi connectivity index (χ4v) is 4.24. The topological polar surface area (TPSA) is 64.1 Å². The van der Waals surface area contributed by atoms with Gasteiger partial charge in [0.05, 0.1) is 12.0 Å². The highest BCUT2D eigenvalue weighted by Crippen LogP contribution is 2.34. The molecule has 3 aliphatic rings. The van der Waals surface area contributed by atoms with Crippen LogP contribution in [0.4, 0.5) is 4.79 Å². The molecule has 7 heteroatoms. The molecule has 2 aliphatic heterocycles. The molecular weight excluding hydrogens is 361 g/mol. The van der Waals surface area contributed by atoms with Gasteiger partial charge in [0.1, 0.15) is 0 Å². The summed E-state index contributed by atoms with van der Waals surface area (Å²) in [6, 6.07) is 0.180. The predicted octanol–water partition coefficient (Wildman–Crippen LogP) is 1.01. The number of hydrogen-bond donors (Lipinski definition) is 1. The number of aliphatic carboxylic acids is 1. The molecule has 1 N–H and O–H groups in total. The maximum Gasteiger partial charge on any atom is 0.320 e. The smallest absolute Gasteiger partial charge is 0.320 e. The molecular formula is C12H18IN3O3. The zero-order valence-electron chi connectivity index (χ0n) is 10.7. The molecule has 3 rings (SSSR count). The number of fused-ring (bicyclic) bond motifs is 1. The van der Waals surface area contributed by atoms with E-state index in [9.17, 15) is 14.7 Å². The number of carboxylic acids is 1. The second-order valence-corrected chi connectivity index (χ2v) is 6.96. The van der Waals surface area contributed by atoms with Crippen molar-refractivity contribution in [3.8, 4) is 0 Å². The molecule has 0 radical (unpaired) electrons. The number of nitrogens with zero attached hydrogens (tertiary/aromatic N) is 3. The Morgan fingerprint density at radius 3 is 2.74 bits per heavy atom. The fraction of sp³-hybridized carbons (Fsp3) is 0.833. The molecule has 0 spiro atoms. The monoisotopic (exact) mass is 379 g/mol. The van der Waals surface area contributed by atoms with Crippen LogP contribution in [0.15, 0.2) is 0 Å². The maximum atomic E-state index is 12.4. The molecule has 2 saturated heterocycles. The average Bonchev–Trinajstić information content (AvgIpc) is 2.94. The summed E-state index contributed by atoms with van der Waals surface area (Å²) < 4.78 is 2.21. The van der Waals surface area contributed by atoms with E-state index in [1.807, 2.05) is 9.80 Å². The minimum Gasteiger partial charge on any atom is -0.481 e. The van der Waals surface area contributed by atoms with Gasteiger partial charge in [-0.15, -0.1) is 0 Å². The van der Waals surface area contributed by atoms with Crippen LogP contribution >= 0.6 is 22.9 Å². The molecule has 0 aromatic carbocycles. The summed E-state index contributed by atoms with van der Waals surface area (Å²) in [7, 11) is 0. The third-order valence-corrected chi connectivity index (χ3v) is 5.41. The molecule has 2 amide bonds. The third-order valence-electron chi connectivity index (χ3n) is 4.53. The van der Waals surface area contributed by atoms with Gasteiger partial charge in [0.25, 0.3) is 0 Å². The number of halogens is 1. The Labute approximate surface area is 126 Å². The SMILES string of the molecule is O=C(O)C1CCCC1N1CC2CN(I)CCN2C1=O. The first-order valence-corrected chi connectivity index (χ1v) is 7.75. The Morgan fingerprint density at radius 1 is 1.21 bits per heavy atom. The van der Waals surface area contributed by atoms with Crippen LogP contribution in [0.1, 0.15) is 19.3 Å². The number of carboxylic acid groups (broad SMARTS) is 1. The first-order chi connectivity index (χ1) is 9.08. The maximum absolute atomic E-state index is 12.4. The summed E-state index contributed by atoms with van der Waals surface area (Å²) in [6.45, 7) is 3.22. The molecule has 19 heavy (non-hydrogen) atoms. The van der Waals surface area contributed by atoms with Crippen molar-refractivity contribution < 1.29 is 14.7 Å². The van der Waals surface area contributed by atoms with Crippen LogP contribution in [0.2, 0.25) is 0 Å². The highest BCUT2D eigenvalue weighted by molar-refractivity contribution is 14.1. The molecule has 0 bridgehead atoms. The normalized spacial score (nSPS) is 35.8. The van der Waals surface area contributed by atoms with Gasteiger partial charge < -0.3 is 14.9 Å². The van der Waals surface area contributed by atoms with E-state index in [1.54, 1.807) is 0 Å². The molecule has 3 fully saturated rings. The summed E-state index contributed by atoms with van der Waals surface area (Å²) in [4.78, 5) is 27.5. The number of urea groups is 1. The Morgan fingerprint density at radius 2 is 2.00 bits per heavy atom. The predicted molar refractivity (Wildman–Crippen MR) is 77.0 cm³/mol. The summed E-state index contributed by atoms with van der Waals surface area (Å²) in [5.74, 6) is -1.13. The first-order valence-electron chi connectivity index (χ1n) is 6.78. The number of piperazine rings is 1. The Balaban J connectivity index is 1.75. The van der Waals surface area contributed by atoms with Crippen LogP contribution in [-0.4, -0.2) is 68.3 Å². The standard InChI is InChI=1S/C12H18IN3O3/c13-14-4-5-15-8(6-14)7-16(12(15)19)10-3-1-2-9(10)11(17)18/h8-10H,1-7H2,(H,17,18). The van der Waals surface area contributed by atoms with Crippen LogP contribution < -0.4 is 0 Å². The Hall–Kier alpha value is -0.570. The van der Waals surface area contributed by atoms with Crippen LogP contribution in [0.5, 0.6) is 0 Å². The number of rotatable bonds is 2. The highest BCUT2D eigenvalue weighted by Gasteiger charge is 2.47. The van der Waals surface area contributed by atoms with E-state index in [2.05, 4.69) is 26.0 Å². The first kappa shape index (κ1) is 13.4. The fourth-order valence-electron chi connectivity index (χ4n) is 3.57. The Kier molecular flexibility index (Phi) is 3.59. The average molecular weight is 379 g/mol. The minimum absolute atomic E-state index is 0.0488. The van der Waals surface area contributed by atoms with Crippen molar-refractivity contribution in [1.82, 2.24) is 12.9 Å². The number of hydrogen-bond acceptors (Lipinski definition) is 3. The zero-order chi connectivity index (χ0) is 13.6. The second-order valence-electron chi connectivity index (χ2n) is 5.59. The lowest BCUT2D eigenvalue weighted by Crippen LogP contribution is -2.49. The molecule has 3 atom stereocenters. The molecule has 6 nitrogen and oxygen atoms in total. The summed E-state index contributed by atoms with van der Waals surface area (Å²) in [5.41, 5.74) is 0. The van der Waals surface area contributed by atoms with Crippen molar-refractivity contribution in [3.63, 3.8) is 0 Å². The zero-order valence-corrected chi connectivity index (χ0v) is 12.8. The molecule has 0 aromatic heterocycles. The minimum atomic E-state index is -0.754. The van der Waals surface area contributed by atoms with Crippen molar-refractivity contribution in [1.29, 1.82) is 0 Å². The lowest BCUT2D eigenvalue weighted by Gasteiger charge is -2.32. The van der Waals surface area contributed by atoms with Gasteiger partial charge in [0, 0.05) is 55.1 Å². The van der Waals surface area contributed by atoms with E-state index in [4.69, 9.17) is 0 Å². The number of amides is 2. The molecule has 0 aromatic rings. The van der Waals surface area contributed by atoms with E-state index >= 15 is 0 Å². The van der Waals surface area contributed by atoms with Crippen molar-refractivity contribution in [2.45, 2.75) is 31.3 Å². The van der Waals surface area contributed by atoms with Gasteiger partial charge in [0.15, 0.2) is 0 Å². The van der Waals surface area contributed by atoms with E-state index in [0.29, 0.717) is 13.0 Å². The van der Waals surface area contributed by atoms with Gasteiger partial charge in [-0.3, -0.25) is 4.79 Å². The van der Waals surface area contributed by atoms with Gasteiger partial charge in [-0.1, -0.05) is 6.42 Å². The van der Waals surface area contributed by atoms with Crippen molar-refractivity contribution in [2.75, 3.05) is 26.2 Å². The van der Waals surface area contributed by atoms with Crippen molar-refractivity contribution in [3.05, 3.63) is 0 Å². The Bertz CT molecular complexity index is 406. The van der Waals surface area contributed by atoms with E-state index in [1.165, 1.54) is 0 Å². The largest absolute Gasteiger partial charge is 0.481 e. The van der Waals surface area contributed by atoms with Crippen LogP contribution in [0, 0.1) is 5.92 Å².